The number of hydrogen-bond acceptors (Lipinski definition) is 4. The second-order valence-corrected chi connectivity index (χ2v) is 13.4. The van der Waals surface area contributed by atoms with Crippen LogP contribution in [0.5, 0.6) is 0 Å². The molecule has 1 rings (SSSR count). The highest BCUT2D eigenvalue weighted by molar-refractivity contribution is 6.79. The second kappa shape index (κ2) is 12.7. The van der Waals surface area contributed by atoms with Gasteiger partial charge in [-0.05, 0) is 5.56 Å². The minimum Gasteiger partial charge on any atom is -0.461 e. The van der Waals surface area contributed by atoms with Crippen LogP contribution < -0.4 is 0 Å². The van der Waals surface area contributed by atoms with E-state index in [4.69, 9.17) is 4.74 Å². The number of rotatable bonds is 14. The fourth-order valence-corrected chi connectivity index (χ4v) is 6.26. The van der Waals surface area contributed by atoms with Crippen LogP contribution in [-0.4, -0.2) is 25.5 Å². The van der Waals surface area contributed by atoms with E-state index in [-0.39, 0.29) is 36.0 Å². The molecule has 0 aliphatic carbocycles. The second-order valence-electron chi connectivity index (χ2n) is 8.07. The summed E-state index contributed by atoms with van der Waals surface area (Å²) in [5, 5.41) is 11.1. The molecule has 0 saturated heterocycles. The Balaban J connectivity index is 2.51. The number of hydrogen-bond donors (Lipinski definition) is 0. The van der Waals surface area contributed by atoms with Crippen molar-refractivity contribution in [2.45, 2.75) is 83.2 Å². The van der Waals surface area contributed by atoms with E-state index in [1.54, 1.807) is 0 Å². The molecule has 0 N–H and O–H groups in total. The largest absolute Gasteiger partial charge is 0.461 e. The molecule has 5 nitrogen and oxygen atoms in total. The summed E-state index contributed by atoms with van der Waals surface area (Å²) in [5.41, 5.74) is 0.756. The van der Waals surface area contributed by atoms with Crippen LogP contribution >= 0.6 is 0 Å². The van der Waals surface area contributed by atoms with Gasteiger partial charge < -0.3 is 4.74 Å². The molecule has 1 aromatic rings. The Morgan fingerprint density at radius 2 is 1.74 bits per heavy atom. The quantitative estimate of drug-likeness (QED) is 0.131. The Hall–Kier alpha value is -1.69. The summed E-state index contributed by atoms with van der Waals surface area (Å²) in [6.07, 6.45) is 7.45. The van der Waals surface area contributed by atoms with Crippen molar-refractivity contribution in [2.24, 2.45) is 0 Å². The van der Waals surface area contributed by atoms with Crippen molar-refractivity contribution in [3.05, 3.63) is 46.0 Å². The van der Waals surface area contributed by atoms with E-state index < -0.39 is 8.07 Å². The average Bonchev–Trinajstić information content (AvgIpc) is 2.63. The first kappa shape index (κ1) is 23.3. The first-order valence-corrected chi connectivity index (χ1v) is 13.4. The van der Waals surface area contributed by atoms with Crippen LogP contribution in [0.1, 0.15) is 57.4 Å². The molecule has 0 heterocycles. The van der Waals surface area contributed by atoms with Crippen LogP contribution in [-0.2, 0) is 16.1 Å². The van der Waals surface area contributed by atoms with E-state index in [9.17, 15) is 14.9 Å². The van der Waals surface area contributed by atoms with Gasteiger partial charge in [0.05, 0.1) is 14.5 Å². The lowest BCUT2D eigenvalue weighted by Crippen LogP contribution is -2.38. The predicted octanol–water partition coefficient (Wildman–Crippen LogP) is 5.84. The van der Waals surface area contributed by atoms with Gasteiger partial charge >= 0.3 is 5.97 Å². The van der Waals surface area contributed by atoms with Crippen LogP contribution in [0.2, 0.25) is 24.7 Å². The first-order chi connectivity index (χ1) is 12.8. The number of ether oxygens (including phenoxy) is 1. The van der Waals surface area contributed by atoms with Crippen molar-refractivity contribution >= 4 is 14.0 Å². The van der Waals surface area contributed by atoms with Crippen LogP contribution in [0, 0.1) is 10.1 Å². The van der Waals surface area contributed by atoms with E-state index in [1.807, 2.05) is 30.3 Å². The lowest BCUT2D eigenvalue weighted by atomic mass is 10.1. The molecule has 1 unspecified atom stereocenters. The maximum absolute atomic E-state index is 12.3. The summed E-state index contributed by atoms with van der Waals surface area (Å²) >= 11 is 0. The minimum absolute atomic E-state index is 0.129. The van der Waals surface area contributed by atoms with E-state index >= 15 is 0 Å². The van der Waals surface area contributed by atoms with E-state index in [0.717, 1.165) is 18.0 Å². The van der Waals surface area contributed by atoms with Crippen molar-refractivity contribution in [3.63, 3.8) is 0 Å². The molecule has 1 aromatic carbocycles. The van der Waals surface area contributed by atoms with Crippen LogP contribution in [0.25, 0.3) is 0 Å². The summed E-state index contributed by atoms with van der Waals surface area (Å²) < 4.78 is 5.37. The molecule has 1 atom stereocenters. The molecule has 0 aliphatic heterocycles. The molecular formula is C21H35NO4Si. The van der Waals surface area contributed by atoms with E-state index in [0.29, 0.717) is 0 Å². The van der Waals surface area contributed by atoms with Crippen molar-refractivity contribution in [1.82, 2.24) is 0 Å². The third kappa shape index (κ3) is 10.3. The van der Waals surface area contributed by atoms with Crippen molar-refractivity contribution in [2.75, 3.05) is 6.54 Å². The van der Waals surface area contributed by atoms with Gasteiger partial charge in [0.25, 0.3) is 0 Å². The number of carbonyl (C=O) groups is 1. The van der Waals surface area contributed by atoms with Crippen molar-refractivity contribution in [3.8, 4) is 0 Å². The fraction of sp³-hybridized carbons (Fsp3) is 0.667. The van der Waals surface area contributed by atoms with Gasteiger partial charge in [0.1, 0.15) is 6.61 Å². The molecular weight excluding hydrogens is 358 g/mol. The zero-order valence-electron chi connectivity index (χ0n) is 17.1. The van der Waals surface area contributed by atoms with Crippen molar-refractivity contribution < 1.29 is 14.5 Å². The fourth-order valence-electron chi connectivity index (χ4n) is 3.33. The number of nitro groups is 1. The van der Waals surface area contributed by atoms with Gasteiger partial charge in [-0.25, -0.2) is 0 Å². The highest BCUT2D eigenvalue weighted by Crippen LogP contribution is 2.32. The lowest BCUT2D eigenvalue weighted by molar-refractivity contribution is -0.480. The third-order valence-electron chi connectivity index (χ3n) is 5.31. The number of unbranched alkanes of at least 4 members (excludes halogenated alkanes) is 5. The molecule has 0 aromatic heterocycles. The number of esters is 1. The maximum atomic E-state index is 12.3. The summed E-state index contributed by atoms with van der Waals surface area (Å²) in [6, 6.07) is 10.5. The standard InChI is InChI=1S/C21H35NO4Si/c1-4-5-6-7-8-12-15-27(2,3)20(17-22(24)25)16-21(23)26-18-19-13-10-9-11-14-19/h9-11,13-14,20H,4-8,12,15-18H2,1-3H3. The van der Waals surface area contributed by atoms with Crippen LogP contribution in [0.3, 0.4) is 0 Å². The minimum atomic E-state index is -1.88. The summed E-state index contributed by atoms with van der Waals surface area (Å²) in [6.45, 7) is 6.66. The van der Waals surface area contributed by atoms with Gasteiger partial charge in [-0.2, -0.15) is 0 Å². The molecule has 0 saturated carbocycles. The molecule has 0 fully saturated rings. The summed E-state index contributed by atoms with van der Waals surface area (Å²) in [4.78, 5) is 23.1. The molecule has 27 heavy (non-hydrogen) atoms. The Kier molecular flexibility index (Phi) is 10.9. The van der Waals surface area contributed by atoms with Gasteiger partial charge in [0, 0.05) is 10.5 Å². The smallest absolute Gasteiger partial charge is 0.306 e. The van der Waals surface area contributed by atoms with E-state index in [1.165, 1.54) is 32.1 Å². The molecule has 0 spiro atoms. The van der Waals surface area contributed by atoms with Crippen molar-refractivity contribution in [1.29, 1.82) is 0 Å². The number of nitrogens with zero attached hydrogens (tertiary/aromatic N) is 1. The molecule has 0 bridgehead atoms. The normalized spacial score (nSPS) is 12.6. The van der Waals surface area contributed by atoms with Gasteiger partial charge in [0.2, 0.25) is 6.54 Å². The van der Waals surface area contributed by atoms with Gasteiger partial charge in [-0.3, -0.25) is 14.9 Å². The lowest BCUT2D eigenvalue weighted by Gasteiger charge is -2.29. The third-order valence-corrected chi connectivity index (χ3v) is 9.54. The number of benzene rings is 1. The first-order valence-electron chi connectivity index (χ1n) is 10.2. The Bertz CT molecular complexity index is 563. The zero-order valence-corrected chi connectivity index (χ0v) is 18.1. The number of carbonyl (C=O) groups excluding carboxylic acids is 1. The maximum Gasteiger partial charge on any atom is 0.306 e. The monoisotopic (exact) mass is 393 g/mol. The summed E-state index contributed by atoms with van der Waals surface area (Å²) in [5.74, 6) is -0.325. The average molecular weight is 394 g/mol. The Labute approximate surface area is 164 Å². The van der Waals surface area contributed by atoms with Gasteiger partial charge in [0.15, 0.2) is 0 Å². The van der Waals surface area contributed by atoms with Gasteiger partial charge in [-0.15, -0.1) is 0 Å². The predicted molar refractivity (Wildman–Crippen MR) is 112 cm³/mol. The highest BCUT2D eigenvalue weighted by Gasteiger charge is 2.36. The molecule has 0 aliphatic rings. The van der Waals surface area contributed by atoms with Crippen LogP contribution in [0.4, 0.5) is 0 Å². The zero-order chi connectivity index (χ0) is 20.1. The highest BCUT2D eigenvalue weighted by atomic mass is 28.3. The Morgan fingerprint density at radius 3 is 2.37 bits per heavy atom. The SMILES string of the molecule is CCCCCCCC[Si](C)(C)C(CC(=O)OCc1ccccc1)C[N+](=O)[O-]. The topological polar surface area (TPSA) is 69.4 Å². The summed E-state index contributed by atoms with van der Waals surface area (Å²) in [7, 11) is -1.88. The van der Waals surface area contributed by atoms with Gasteiger partial charge in [-0.1, -0.05) is 94.9 Å². The molecule has 152 valence electrons. The molecule has 6 heteroatoms. The van der Waals surface area contributed by atoms with Crippen LogP contribution in [0.15, 0.2) is 30.3 Å². The molecule has 0 radical (unpaired) electrons. The molecule has 0 amide bonds. The Morgan fingerprint density at radius 1 is 1.11 bits per heavy atom. The van der Waals surface area contributed by atoms with E-state index in [2.05, 4.69) is 20.0 Å².